The van der Waals surface area contributed by atoms with E-state index in [-0.39, 0.29) is 17.0 Å². The van der Waals surface area contributed by atoms with Crippen LogP contribution >= 0.6 is 11.6 Å². The Morgan fingerprint density at radius 3 is 2.71 bits per heavy atom. The van der Waals surface area contributed by atoms with Gasteiger partial charge in [0.1, 0.15) is 10.6 Å². The van der Waals surface area contributed by atoms with Gasteiger partial charge in [-0.1, -0.05) is 17.7 Å². The zero-order valence-corrected chi connectivity index (χ0v) is 13.1. The Morgan fingerprint density at radius 2 is 2.12 bits per heavy atom. The number of aryl methyl sites for hydroxylation is 1. The molecule has 1 amide bonds. The van der Waals surface area contributed by atoms with Gasteiger partial charge in [0.15, 0.2) is 5.76 Å². The van der Waals surface area contributed by atoms with Crippen molar-refractivity contribution >= 4 is 23.4 Å². The van der Waals surface area contributed by atoms with E-state index in [4.69, 9.17) is 21.8 Å². The van der Waals surface area contributed by atoms with Crippen molar-refractivity contribution < 1.29 is 14.1 Å². The van der Waals surface area contributed by atoms with Crippen LogP contribution in [-0.4, -0.2) is 20.6 Å². The van der Waals surface area contributed by atoms with E-state index in [9.17, 15) is 14.9 Å². The Bertz CT molecular complexity index is 960. The number of furan rings is 1. The maximum atomic E-state index is 11.7. The fraction of sp³-hybridized carbons (Fsp3) is 0.0667. The fourth-order valence-corrected chi connectivity index (χ4v) is 2.32. The van der Waals surface area contributed by atoms with Crippen molar-refractivity contribution in [2.45, 2.75) is 6.92 Å². The zero-order chi connectivity index (χ0) is 17.4. The number of carbonyl (C=O) groups is 1. The SMILES string of the molecule is Cc1ccc(-n2cc(C(N)=O)c(-c3ccc([N+](=O)[O-])o3)n2)cc1Cl. The molecule has 2 aromatic heterocycles. The van der Waals surface area contributed by atoms with Crippen LogP contribution in [0.2, 0.25) is 5.02 Å². The lowest BCUT2D eigenvalue weighted by molar-refractivity contribution is -0.401. The van der Waals surface area contributed by atoms with E-state index in [1.54, 1.807) is 18.2 Å². The molecule has 0 unspecified atom stereocenters. The summed E-state index contributed by atoms with van der Waals surface area (Å²) < 4.78 is 6.52. The summed E-state index contributed by atoms with van der Waals surface area (Å²) >= 11 is 6.10. The van der Waals surface area contributed by atoms with Crippen molar-refractivity contribution in [3.05, 3.63) is 62.8 Å². The second-order valence-electron chi connectivity index (χ2n) is 5.03. The summed E-state index contributed by atoms with van der Waals surface area (Å²) in [7, 11) is 0. The van der Waals surface area contributed by atoms with Gasteiger partial charge >= 0.3 is 5.88 Å². The number of aromatic nitrogens is 2. The number of primary amides is 1. The van der Waals surface area contributed by atoms with Crippen LogP contribution in [0.4, 0.5) is 5.88 Å². The topological polar surface area (TPSA) is 117 Å². The van der Waals surface area contributed by atoms with Crippen LogP contribution in [0.15, 0.2) is 40.9 Å². The molecule has 2 N–H and O–H groups in total. The quantitative estimate of drug-likeness (QED) is 0.575. The minimum atomic E-state index is -0.728. The molecular weight excluding hydrogens is 336 g/mol. The van der Waals surface area contributed by atoms with Crippen molar-refractivity contribution in [2.75, 3.05) is 0 Å². The van der Waals surface area contributed by atoms with Crippen molar-refractivity contribution in [3.63, 3.8) is 0 Å². The summed E-state index contributed by atoms with van der Waals surface area (Å²) in [4.78, 5) is 21.7. The molecule has 0 fully saturated rings. The first-order chi connectivity index (χ1) is 11.4. The number of carbonyl (C=O) groups excluding carboxylic acids is 1. The van der Waals surface area contributed by atoms with E-state index >= 15 is 0 Å². The summed E-state index contributed by atoms with van der Waals surface area (Å²) in [6.45, 7) is 1.86. The van der Waals surface area contributed by atoms with E-state index in [2.05, 4.69) is 5.10 Å². The fourth-order valence-electron chi connectivity index (χ4n) is 2.15. The van der Waals surface area contributed by atoms with Crippen LogP contribution in [0.25, 0.3) is 17.1 Å². The Balaban J connectivity index is 2.12. The van der Waals surface area contributed by atoms with Gasteiger partial charge in [0, 0.05) is 11.2 Å². The second kappa shape index (κ2) is 5.82. The van der Waals surface area contributed by atoms with Gasteiger partial charge in [-0.3, -0.25) is 14.9 Å². The summed E-state index contributed by atoms with van der Waals surface area (Å²) in [6.07, 6.45) is 1.42. The molecule has 8 nitrogen and oxygen atoms in total. The number of nitro groups is 1. The molecule has 0 radical (unpaired) electrons. The summed E-state index contributed by atoms with van der Waals surface area (Å²) in [6, 6.07) is 7.80. The van der Waals surface area contributed by atoms with Gasteiger partial charge in [-0.25, -0.2) is 4.68 Å². The minimum Gasteiger partial charge on any atom is -0.399 e. The molecule has 0 atom stereocenters. The van der Waals surface area contributed by atoms with E-state index in [1.807, 2.05) is 6.92 Å². The van der Waals surface area contributed by atoms with Crippen LogP contribution in [0.1, 0.15) is 15.9 Å². The standard InChI is InChI=1S/C15H11ClN4O4/c1-8-2-3-9(6-11(8)16)19-7-10(15(17)21)14(18-19)12-4-5-13(24-12)20(22)23/h2-7H,1H3,(H2,17,21). The van der Waals surface area contributed by atoms with Gasteiger partial charge in [0.2, 0.25) is 0 Å². The molecule has 3 rings (SSSR count). The highest BCUT2D eigenvalue weighted by atomic mass is 35.5. The normalized spacial score (nSPS) is 10.8. The first kappa shape index (κ1) is 15.8. The van der Waals surface area contributed by atoms with E-state index in [0.717, 1.165) is 5.56 Å². The lowest BCUT2D eigenvalue weighted by Gasteiger charge is -2.03. The molecule has 9 heteroatoms. The van der Waals surface area contributed by atoms with Crippen LogP contribution in [0, 0.1) is 17.0 Å². The Labute approximate surface area is 140 Å². The number of hydrogen-bond donors (Lipinski definition) is 1. The van der Waals surface area contributed by atoms with Crippen molar-refractivity contribution in [1.29, 1.82) is 0 Å². The van der Waals surface area contributed by atoms with Crippen LogP contribution in [-0.2, 0) is 0 Å². The lowest BCUT2D eigenvalue weighted by Crippen LogP contribution is -2.11. The highest BCUT2D eigenvalue weighted by Gasteiger charge is 2.22. The number of nitrogens with two attached hydrogens (primary N) is 1. The first-order valence-corrected chi connectivity index (χ1v) is 7.15. The molecule has 0 spiro atoms. The van der Waals surface area contributed by atoms with Gasteiger partial charge in [-0.2, -0.15) is 5.10 Å². The largest absolute Gasteiger partial charge is 0.433 e. The summed E-state index contributed by atoms with van der Waals surface area (Å²) in [5.74, 6) is -1.10. The first-order valence-electron chi connectivity index (χ1n) is 6.77. The number of amides is 1. The van der Waals surface area contributed by atoms with Crippen molar-refractivity contribution in [1.82, 2.24) is 9.78 Å². The maximum Gasteiger partial charge on any atom is 0.433 e. The number of nitrogens with zero attached hydrogens (tertiary/aromatic N) is 3. The lowest BCUT2D eigenvalue weighted by atomic mass is 10.2. The Hall–Kier alpha value is -3.13. The molecule has 1 aromatic carbocycles. The molecule has 2 heterocycles. The van der Waals surface area contributed by atoms with Gasteiger partial charge in [0.25, 0.3) is 5.91 Å². The van der Waals surface area contributed by atoms with Crippen molar-refractivity contribution in [3.8, 4) is 17.1 Å². The van der Waals surface area contributed by atoms with E-state index < -0.39 is 16.7 Å². The maximum absolute atomic E-state index is 11.7. The molecule has 3 aromatic rings. The minimum absolute atomic E-state index is 0.0764. The molecular formula is C15H11ClN4O4. The summed E-state index contributed by atoms with van der Waals surface area (Å²) in [5.41, 5.74) is 7.07. The third kappa shape index (κ3) is 2.74. The predicted octanol–water partition coefficient (Wildman–Crippen LogP) is 3.10. The highest BCUT2D eigenvalue weighted by Crippen LogP contribution is 2.29. The van der Waals surface area contributed by atoms with Gasteiger partial charge in [-0.05, 0) is 30.7 Å². The number of benzene rings is 1. The average Bonchev–Trinajstić information content (AvgIpc) is 3.15. The predicted molar refractivity (Wildman–Crippen MR) is 86.2 cm³/mol. The molecule has 0 bridgehead atoms. The molecule has 0 aliphatic heterocycles. The summed E-state index contributed by atoms with van der Waals surface area (Å²) in [5, 5.41) is 15.5. The van der Waals surface area contributed by atoms with Crippen LogP contribution in [0.5, 0.6) is 0 Å². The molecule has 0 aliphatic rings. The Kier molecular flexibility index (Phi) is 3.82. The number of halogens is 1. The monoisotopic (exact) mass is 346 g/mol. The average molecular weight is 347 g/mol. The second-order valence-corrected chi connectivity index (χ2v) is 5.44. The number of hydrogen-bond acceptors (Lipinski definition) is 5. The molecule has 0 saturated carbocycles. The van der Waals surface area contributed by atoms with E-state index in [1.165, 1.54) is 23.0 Å². The Morgan fingerprint density at radius 1 is 1.38 bits per heavy atom. The molecule has 24 heavy (non-hydrogen) atoms. The van der Waals surface area contributed by atoms with Gasteiger partial charge in [0.05, 0.1) is 17.3 Å². The van der Waals surface area contributed by atoms with Gasteiger partial charge < -0.3 is 10.2 Å². The zero-order valence-electron chi connectivity index (χ0n) is 12.4. The number of rotatable bonds is 4. The van der Waals surface area contributed by atoms with Crippen molar-refractivity contribution in [2.24, 2.45) is 5.73 Å². The third-order valence-electron chi connectivity index (χ3n) is 3.40. The molecule has 0 aliphatic carbocycles. The van der Waals surface area contributed by atoms with Crippen LogP contribution in [0.3, 0.4) is 0 Å². The third-order valence-corrected chi connectivity index (χ3v) is 3.81. The van der Waals surface area contributed by atoms with Gasteiger partial charge in [-0.15, -0.1) is 0 Å². The smallest absolute Gasteiger partial charge is 0.399 e. The molecule has 122 valence electrons. The highest BCUT2D eigenvalue weighted by molar-refractivity contribution is 6.31. The molecule has 0 saturated heterocycles. The van der Waals surface area contributed by atoms with Crippen LogP contribution < -0.4 is 5.73 Å². The van der Waals surface area contributed by atoms with E-state index in [0.29, 0.717) is 10.7 Å².